The summed E-state index contributed by atoms with van der Waals surface area (Å²) >= 11 is 0. The van der Waals surface area contributed by atoms with Crippen molar-refractivity contribution in [3.8, 4) is 0 Å². The first kappa shape index (κ1) is 21.0. The van der Waals surface area contributed by atoms with E-state index in [1.54, 1.807) is 0 Å². The number of hydrogen-bond donors (Lipinski definition) is 0. The topological polar surface area (TPSA) is 66.5 Å². The molecule has 0 atom stereocenters. The van der Waals surface area contributed by atoms with E-state index >= 15 is 0 Å². The molecule has 4 aromatic carbocycles. The first-order chi connectivity index (χ1) is 15.8. The Morgan fingerprint density at radius 3 is 1.19 bits per heavy atom. The first-order valence-electron chi connectivity index (χ1n) is 10.4. The molecule has 0 bridgehead atoms. The fourth-order valence-corrected chi connectivity index (χ4v) is 3.33. The van der Waals surface area contributed by atoms with Crippen LogP contribution in [0.3, 0.4) is 0 Å². The lowest BCUT2D eigenvalue weighted by Crippen LogP contribution is -2.01. The van der Waals surface area contributed by atoms with Gasteiger partial charge in [-0.05, 0) is 59.7 Å². The lowest BCUT2D eigenvalue weighted by molar-refractivity contribution is -0.108. The van der Waals surface area contributed by atoms with E-state index in [0.29, 0.717) is 6.42 Å². The van der Waals surface area contributed by atoms with E-state index < -0.39 is 0 Å². The second kappa shape index (κ2) is 10.7. The number of aldehydes is 1. The third kappa shape index (κ3) is 5.67. The van der Waals surface area contributed by atoms with Gasteiger partial charge in [-0.3, -0.25) is 0 Å². The summed E-state index contributed by atoms with van der Waals surface area (Å²) in [5, 5.41) is 17.1. The SMILES string of the molecule is O=CCC(c1ccc(/N=N/c2ccccc2)cc1)c1ccc(/N=N/c2ccccc2)cc1. The van der Waals surface area contributed by atoms with Gasteiger partial charge < -0.3 is 4.79 Å². The van der Waals surface area contributed by atoms with Crippen molar-refractivity contribution in [3.05, 3.63) is 120 Å². The van der Waals surface area contributed by atoms with Gasteiger partial charge in [0.25, 0.3) is 0 Å². The Labute approximate surface area is 187 Å². The molecular formula is C27H22N4O. The van der Waals surface area contributed by atoms with Crippen LogP contribution in [0.25, 0.3) is 0 Å². The number of carbonyl (C=O) groups is 1. The van der Waals surface area contributed by atoms with Gasteiger partial charge in [0.1, 0.15) is 6.29 Å². The van der Waals surface area contributed by atoms with E-state index in [1.165, 1.54) is 0 Å². The zero-order chi connectivity index (χ0) is 22.0. The highest BCUT2D eigenvalue weighted by Gasteiger charge is 2.14. The van der Waals surface area contributed by atoms with Crippen molar-refractivity contribution in [2.75, 3.05) is 0 Å². The largest absolute Gasteiger partial charge is 0.303 e. The van der Waals surface area contributed by atoms with E-state index in [9.17, 15) is 4.79 Å². The van der Waals surface area contributed by atoms with E-state index in [-0.39, 0.29) is 5.92 Å². The summed E-state index contributed by atoms with van der Waals surface area (Å²) in [6.07, 6.45) is 1.35. The van der Waals surface area contributed by atoms with Crippen LogP contribution in [0.5, 0.6) is 0 Å². The number of nitrogens with zero attached hydrogens (tertiary/aromatic N) is 4. The summed E-state index contributed by atoms with van der Waals surface area (Å²) in [5.41, 5.74) is 5.24. The molecule has 0 amide bonds. The molecule has 4 rings (SSSR count). The minimum atomic E-state index is -0.0345. The molecule has 0 heterocycles. The van der Waals surface area contributed by atoms with Crippen LogP contribution in [0.4, 0.5) is 22.7 Å². The van der Waals surface area contributed by atoms with Crippen molar-refractivity contribution in [1.82, 2.24) is 0 Å². The van der Waals surface area contributed by atoms with Gasteiger partial charge in [0.15, 0.2) is 0 Å². The maximum Gasteiger partial charge on any atom is 0.120 e. The molecule has 0 N–H and O–H groups in total. The number of carbonyl (C=O) groups excluding carboxylic acids is 1. The zero-order valence-corrected chi connectivity index (χ0v) is 17.5. The predicted molar refractivity (Wildman–Crippen MR) is 127 cm³/mol. The Hall–Kier alpha value is -4.25. The molecule has 0 aliphatic heterocycles. The summed E-state index contributed by atoms with van der Waals surface area (Å²) in [4.78, 5) is 11.3. The molecule has 0 unspecified atom stereocenters. The zero-order valence-electron chi connectivity index (χ0n) is 17.5. The van der Waals surface area contributed by atoms with Crippen molar-refractivity contribution in [3.63, 3.8) is 0 Å². The molecule has 0 saturated heterocycles. The van der Waals surface area contributed by atoms with Crippen molar-refractivity contribution >= 4 is 29.0 Å². The maximum absolute atomic E-state index is 11.3. The highest BCUT2D eigenvalue weighted by atomic mass is 16.1. The molecule has 0 radical (unpaired) electrons. The maximum atomic E-state index is 11.3. The fourth-order valence-electron chi connectivity index (χ4n) is 3.33. The van der Waals surface area contributed by atoms with E-state index in [1.807, 2.05) is 109 Å². The fraction of sp³-hybridized carbons (Fsp3) is 0.0741. The van der Waals surface area contributed by atoms with Gasteiger partial charge >= 0.3 is 0 Å². The monoisotopic (exact) mass is 418 g/mol. The Kier molecular flexibility index (Phi) is 7.01. The number of hydrogen-bond acceptors (Lipinski definition) is 5. The molecule has 0 fully saturated rings. The van der Waals surface area contributed by atoms with Gasteiger partial charge in [-0.15, -0.1) is 0 Å². The molecule has 4 aromatic rings. The second-order valence-electron chi connectivity index (χ2n) is 7.21. The third-order valence-corrected chi connectivity index (χ3v) is 5.00. The minimum absolute atomic E-state index is 0.0345. The van der Waals surface area contributed by atoms with Crippen LogP contribution >= 0.6 is 0 Å². The Morgan fingerprint density at radius 1 is 0.500 bits per heavy atom. The van der Waals surface area contributed by atoms with Crippen LogP contribution in [0.1, 0.15) is 23.5 Å². The molecule has 0 aliphatic rings. The average molecular weight is 419 g/mol. The van der Waals surface area contributed by atoms with Crippen molar-refractivity contribution in [1.29, 1.82) is 0 Å². The first-order valence-corrected chi connectivity index (χ1v) is 10.4. The Morgan fingerprint density at radius 2 is 0.844 bits per heavy atom. The van der Waals surface area contributed by atoms with Gasteiger partial charge in [-0.25, -0.2) is 0 Å². The summed E-state index contributed by atoms with van der Waals surface area (Å²) in [6.45, 7) is 0. The number of rotatable bonds is 8. The van der Waals surface area contributed by atoms with Gasteiger partial charge in [0.2, 0.25) is 0 Å². The van der Waals surface area contributed by atoms with Crippen LogP contribution in [0.2, 0.25) is 0 Å². The van der Waals surface area contributed by atoms with E-state index in [4.69, 9.17) is 0 Å². The molecule has 5 heteroatoms. The van der Waals surface area contributed by atoms with Gasteiger partial charge in [0.05, 0.1) is 22.7 Å². The van der Waals surface area contributed by atoms with Gasteiger partial charge in [-0.2, -0.15) is 20.5 Å². The lowest BCUT2D eigenvalue weighted by atomic mass is 9.89. The minimum Gasteiger partial charge on any atom is -0.303 e. The summed E-state index contributed by atoms with van der Waals surface area (Å²) in [5.74, 6) is -0.0345. The summed E-state index contributed by atoms with van der Waals surface area (Å²) in [6, 6.07) is 34.9. The Bertz CT molecular complexity index is 1090. The molecule has 32 heavy (non-hydrogen) atoms. The quantitative estimate of drug-likeness (QED) is 0.210. The highest BCUT2D eigenvalue weighted by Crippen LogP contribution is 2.30. The summed E-state index contributed by atoms with van der Waals surface area (Å²) in [7, 11) is 0. The van der Waals surface area contributed by atoms with Crippen LogP contribution in [0, 0.1) is 0 Å². The van der Waals surface area contributed by atoms with E-state index in [2.05, 4.69) is 20.5 Å². The third-order valence-electron chi connectivity index (χ3n) is 5.00. The lowest BCUT2D eigenvalue weighted by Gasteiger charge is -2.15. The predicted octanol–water partition coefficient (Wildman–Crippen LogP) is 8.24. The van der Waals surface area contributed by atoms with E-state index in [0.717, 1.165) is 40.2 Å². The normalized spacial score (nSPS) is 11.4. The summed E-state index contributed by atoms with van der Waals surface area (Å²) < 4.78 is 0. The van der Waals surface area contributed by atoms with Crippen LogP contribution in [-0.4, -0.2) is 6.29 Å². The number of azo groups is 2. The second-order valence-corrected chi connectivity index (χ2v) is 7.21. The standard InChI is InChI=1S/C27H22N4O/c32-20-19-27(21-11-15-25(16-12-21)30-28-23-7-3-1-4-8-23)22-13-17-26(18-14-22)31-29-24-9-5-2-6-10-24/h1-18,20,27H,19H2/b30-28+,31-29+. The molecule has 0 saturated carbocycles. The number of benzene rings is 4. The van der Waals surface area contributed by atoms with Crippen molar-refractivity contribution in [2.24, 2.45) is 20.5 Å². The molecule has 0 spiro atoms. The molecule has 0 aromatic heterocycles. The molecule has 0 aliphatic carbocycles. The van der Waals surface area contributed by atoms with Gasteiger partial charge in [-0.1, -0.05) is 60.7 Å². The highest BCUT2D eigenvalue weighted by molar-refractivity contribution is 5.55. The molecule has 5 nitrogen and oxygen atoms in total. The van der Waals surface area contributed by atoms with Crippen LogP contribution < -0.4 is 0 Å². The van der Waals surface area contributed by atoms with Gasteiger partial charge in [0, 0.05) is 12.3 Å². The smallest absolute Gasteiger partial charge is 0.120 e. The van der Waals surface area contributed by atoms with Crippen LogP contribution in [-0.2, 0) is 4.79 Å². The van der Waals surface area contributed by atoms with Crippen LogP contribution in [0.15, 0.2) is 130 Å². The van der Waals surface area contributed by atoms with Crippen molar-refractivity contribution < 1.29 is 4.79 Å². The molecule has 156 valence electrons. The van der Waals surface area contributed by atoms with Crippen molar-refractivity contribution in [2.45, 2.75) is 12.3 Å². The Balaban J connectivity index is 1.48. The average Bonchev–Trinajstić information content (AvgIpc) is 2.87. The molecular weight excluding hydrogens is 396 g/mol.